The van der Waals surface area contributed by atoms with Crippen LogP contribution in [0.25, 0.3) is 10.9 Å². The maximum absolute atomic E-state index is 12.5. The Balaban J connectivity index is 1.72. The zero-order chi connectivity index (χ0) is 15.7. The van der Waals surface area contributed by atoms with Crippen molar-refractivity contribution in [2.24, 2.45) is 11.8 Å². The highest BCUT2D eigenvalue weighted by molar-refractivity contribution is 5.84. The molecule has 1 aliphatic carbocycles. The van der Waals surface area contributed by atoms with Gasteiger partial charge in [0, 0.05) is 17.3 Å². The second-order valence-corrected chi connectivity index (χ2v) is 6.87. The minimum atomic E-state index is 0.135. The average Bonchev–Trinajstić information content (AvgIpc) is 2.80. The number of aromatic nitrogens is 1. The summed E-state index contributed by atoms with van der Waals surface area (Å²) < 4.78 is 2.11. The first-order valence-electron chi connectivity index (χ1n) is 8.40. The van der Waals surface area contributed by atoms with Crippen LogP contribution >= 0.6 is 0 Å². The SMILES string of the molecule is Cc1cc2ccccc2n1CC(=O)N[C@@H]1CCC[C@@H](C)[C@@H]1C. The van der Waals surface area contributed by atoms with Gasteiger partial charge in [0.1, 0.15) is 6.54 Å². The number of hydrogen-bond donors (Lipinski definition) is 1. The largest absolute Gasteiger partial charge is 0.352 e. The zero-order valence-corrected chi connectivity index (χ0v) is 13.8. The molecule has 118 valence electrons. The maximum Gasteiger partial charge on any atom is 0.240 e. The van der Waals surface area contributed by atoms with Crippen molar-refractivity contribution >= 4 is 16.8 Å². The van der Waals surface area contributed by atoms with Gasteiger partial charge in [-0.05, 0) is 42.7 Å². The monoisotopic (exact) mass is 298 g/mol. The third-order valence-corrected chi connectivity index (χ3v) is 5.37. The van der Waals surface area contributed by atoms with E-state index in [1.54, 1.807) is 0 Å². The summed E-state index contributed by atoms with van der Waals surface area (Å²) >= 11 is 0. The number of carbonyl (C=O) groups excluding carboxylic acids is 1. The molecule has 1 aliphatic rings. The number of nitrogens with one attached hydrogen (secondary N) is 1. The van der Waals surface area contributed by atoms with E-state index in [1.165, 1.54) is 18.2 Å². The van der Waals surface area contributed by atoms with Crippen LogP contribution in [0.4, 0.5) is 0 Å². The van der Waals surface area contributed by atoms with Crippen molar-refractivity contribution in [1.82, 2.24) is 9.88 Å². The van der Waals surface area contributed by atoms with E-state index < -0.39 is 0 Å². The van der Waals surface area contributed by atoms with E-state index in [9.17, 15) is 4.79 Å². The van der Waals surface area contributed by atoms with Crippen molar-refractivity contribution in [2.45, 2.75) is 52.6 Å². The van der Waals surface area contributed by atoms with Gasteiger partial charge in [-0.1, -0.05) is 44.9 Å². The van der Waals surface area contributed by atoms with E-state index in [-0.39, 0.29) is 5.91 Å². The lowest BCUT2D eigenvalue weighted by Gasteiger charge is -2.34. The topological polar surface area (TPSA) is 34.0 Å². The van der Waals surface area contributed by atoms with Gasteiger partial charge in [0.15, 0.2) is 0 Å². The first-order valence-corrected chi connectivity index (χ1v) is 8.40. The lowest BCUT2D eigenvalue weighted by molar-refractivity contribution is -0.123. The number of para-hydroxylation sites is 1. The number of carbonyl (C=O) groups is 1. The van der Waals surface area contributed by atoms with Crippen LogP contribution in [0.5, 0.6) is 0 Å². The van der Waals surface area contributed by atoms with Crippen LogP contribution in [0.2, 0.25) is 0 Å². The zero-order valence-electron chi connectivity index (χ0n) is 13.8. The Morgan fingerprint density at radius 1 is 1.27 bits per heavy atom. The maximum atomic E-state index is 12.5. The molecule has 0 aliphatic heterocycles. The number of fused-ring (bicyclic) bond motifs is 1. The summed E-state index contributed by atoms with van der Waals surface area (Å²) in [5.41, 5.74) is 2.28. The second-order valence-electron chi connectivity index (χ2n) is 6.87. The van der Waals surface area contributed by atoms with E-state index in [0.29, 0.717) is 24.4 Å². The molecular weight excluding hydrogens is 272 g/mol. The summed E-state index contributed by atoms with van der Waals surface area (Å²) in [4.78, 5) is 12.5. The normalized spacial score (nSPS) is 25.3. The summed E-state index contributed by atoms with van der Waals surface area (Å²) in [5, 5.41) is 4.47. The van der Waals surface area contributed by atoms with E-state index in [2.05, 4.69) is 48.9 Å². The summed E-state index contributed by atoms with van der Waals surface area (Å²) in [6.07, 6.45) is 3.62. The third kappa shape index (κ3) is 2.90. The first kappa shape index (κ1) is 15.1. The van der Waals surface area contributed by atoms with Gasteiger partial charge in [0.25, 0.3) is 0 Å². The molecule has 1 aromatic heterocycles. The lowest BCUT2D eigenvalue weighted by Crippen LogP contribution is -2.44. The van der Waals surface area contributed by atoms with Gasteiger partial charge in [-0.25, -0.2) is 0 Å². The van der Waals surface area contributed by atoms with E-state index in [1.807, 2.05) is 12.1 Å². The first-order chi connectivity index (χ1) is 10.6. The molecule has 1 saturated carbocycles. The van der Waals surface area contributed by atoms with Crippen molar-refractivity contribution in [3.05, 3.63) is 36.0 Å². The number of rotatable bonds is 3. The Labute approximate surface area is 132 Å². The Morgan fingerprint density at radius 3 is 2.86 bits per heavy atom. The van der Waals surface area contributed by atoms with Crippen molar-refractivity contribution in [1.29, 1.82) is 0 Å². The van der Waals surface area contributed by atoms with Crippen LogP contribution in [-0.4, -0.2) is 16.5 Å². The van der Waals surface area contributed by atoms with E-state index >= 15 is 0 Å². The van der Waals surface area contributed by atoms with Crippen LogP contribution in [0.1, 0.15) is 38.8 Å². The molecule has 22 heavy (non-hydrogen) atoms. The molecule has 3 heteroatoms. The van der Waals surface area contributed by atoms with Crippen molar-refractivity contribution in [3.8, 4) is 0 Å². The number of amides is 1. The molecule has 1 heterocycles. The quantitative estimate of drug-likeness (QED) is 0.916. The van der Waals surface area contributed by atoms with Crippen LogP contribution in [0, 0.1) is 18.8 Å². The van der Waals surface area contributed by atoms with Crippen molar-refractivity contribution in [2.75, 3.05) is 0 Å². The minimum Gasteiger partial charge on any atom is -0.352 e. The van der Waals surface area contributed by atoms with Crippen molar-refractivity contribution < 1.29 is 4.79 Å². The summed E-state index contributed by atoms with van der Waals surface area (Å²) in [6.45, 7) is 7.05. The van der Waals surface area contributed by atoms with Gasteiger partial charge in [0.2, 0.25) is 5.91 Å². The number of aryl methyl sites for hydroxylation is 1. The molecule has 1 N–H and O–H groups in total. The minimum absolute atomic E-state index is 0.135. The molecule has 1 aromatic carbocycles. The molecule has 1 fully saturated rings. The number of benzene rings is 1. The molecule has 3 atom stereocenters. The molecule has 1 amide bonds. The predicted octanol–water partition coefficient (Wildman–Crippen LogP) is 3.89. The molecule has 0 saturated heterocycles. The Morgan fingerprint density at radius 2 is 2.05 bits per heavy atom. The highest BCUT2D eigenvalue weighted by Gasteiger charge is 2.28. The Hall–Kier alpha value is -1.77. The highest BCUT2D eigenvalue weighted by Crippen LogP contribution is 2.29. The number of hydrogen-bond acceptors (Lipinski definition) is 1. The fraction of sp³-hybridized carbons (Fsp3) is 0.526. The Kier molecular flexibility index (Phi) is 4.23. The predicted molar refractivity (Wildman–Crippen MR) is 90.8 cm³/mol. The van der Waals surface area contributed by atoms with Gasteiger partial charge in [0.05, 0.1) is 0 Å². The molecule has 0 bridgehead atoms. The van der Waals surface area contributed by atoms with Gasteiger partial charge < -0.3 is 9.88 Å². The summed E-state index contributed by atoms with van der Waals surface area (Å²) in [7, 11) is 0. The van der Waals surface area contributed by atoms with E-state index in [4.69, 9.17) is 0 Å². The molecular formula is C19H26N2O. The van der Waals surface area contributed by atoms with Gasteiger partial charge in [-0.2, -0.15) is 0 Å². The molecule has 0 spiro atoms. The fourth-order valence-corrected chi connectivity index (χ4v) is 3.74. The van der Waals surface area contributed by atoms with Crippen molar-refractivity contribution in [3.63, 3.8) is 0 Å². The average molecular weight is 298 g/mol. The molecule has 0 radical (unpaired) electrons. The van der Waals surface area contributed by atoms with Crippen LogP contribution in [0.15, 0.2) is 30.3 Å². The van der Waals surface area contributed by atoms with Crippen LogP contribution in [-0.2, 0) is 11.3 Å². The van der Waals surface area contributed by atoms with Crippen LogP contribution in [0.3, 0.4) is 0 Å². The third-order valence-electron chi connectivity index (χ3n) is 5.37. The molecule has 0 unspecified atom stereocenters. The van der Waals surface area contributed by atoms with E-state index in [0.717, 1.165) is 17.6 Å². The standard InChI is InChI=1S/C19H26N2O/c1-13-7-6-9-17(15(13)3)20-19(22)12-21-14(2)11-16-8-4-5-10-18(16)21/h4-5,8,10-11,13,15,17H,6-7,9,12H2,1-3H3,(H,20,22)/t13-,15+,17-/m1/s1. The number of nitrogens with zero attached hydrogens (tertiary/aromatic N) is 1. The molecule has 2 aromatic rings. The lowest BCUT2D eigenvalue weighted by atomic mass is 9.78. The highest BCUT2D eigenvalue weighted by atomic mass is 16.2. The summed E-state index contributed by atoms with van der Waals surface area (Å²) in [6, 6.07) is 10.7. The summed E-state index contributed by atoms with van der Waals surface area (Å²) in [5.74, 6) is 1.41. The Bertz CT molecular complexity index is 673. The smallest absolute Gasteiger partial charge is 0.240 e. The second kappa shape index (κ2) is 6.15. The fourth-order valence-electron chi connectivity index (χ4n) is 3.74. The molecule has 3 nitrogen and oxygen atoms in total. The van der Waals surface area contributed by atoms with Gasteiger partial charge in [-0.15, -0.1) is 0 Å². The van der Waals surface area contributed by atoms with Gasteiger partial charge in [-0.3, -0.25) is 4.79 Å². The van der Waals surface area contributed by atoms with Crippen LogP contribution < -0.4 is 5.32 Å². The van der Waals surface area contributed by atoms with Gasteiger partial charge >= 0.3 is 0 Å². The molecule has 3 rings (SSSR count).